The van der Waals surface area contributed by atoms with Crippen LogP contribution in [0, 0.1) is 50.7 Å². The quantitative estimate of drug-likeness (QED) is 0.229. The van der Waals surface area contributed by atoms with Crippen LogP contribution >= 0.6 is 0 Å². The summed E-state index contributed by atoms with van der Waals surface area (Å²) in [6.45, 7) is 19.6. The minimum Gasteiger partial charge on any atom is -0.481 e. The fraction of sp³-hybridized carbons (Fsp3) is 0.846. The predicted octanol–water partition coefficient (Wildman–Crippen LogP) is 8.38. The van der Waals surface area contributed by atoms with Gasteiger partial charge in [-0.25, -0.2) is 4.79 Å². The van der Waals surface area contributed by atoms with Crippen LogP contribution in [0.4, 0.5) is 18.0 Å². The first-order valence-corrected chi connectivity index (χ1v) is 18.6. The normalized spacial score (nSPS) is 38.7. The second-order valence-electron chi connectivity index (χ2n) is 18.8. The average Bonchev–Trinajstić information content (AvgIpc) is 3.25. The van der Waals surface area contributed by atoms with Gasteiger partial charge >= 0.3 is 24.1 Å². The molecule has 2 amide bonds. The van der Waals surface area contributed by atoms with Crippen LogP contribution in [0.1, 0.15) is 133 Å². The Balaban J connectivity index is 1.44. The standard InChI is InChI=1S/C39H59F3N2O6/c1-21(2)29-24(45)19-38(44-32(49)43-22(3)39(40,41)42)18-17-36(9)23(30(29)38)11-12-26-35(8)15-14-27(50-28(46)20-33(4,5)31(47)48)34(6,7)25(35)13-16-37(26,36)10/h21-23,25-27H,11-20H2,1-10H3,(H,47,48)(H2,43,44,49)/t22?,23?,25?,26?,27?,35-,36+,37+,38?/m0/s1. The van der Waals surface area contributed by atoms with E-state index in [0.717, 1.165) is 56.6 Å². The monoisotopic (exact) mass is 708 g/mol. The van der Waals surface area contributed by atoms with Crippen LogP contribution < -0.4 is 10.6 Å². The number of hydrogen-bond acceptors (Lipinski definition) is 5. The Hall–Kier alpha value is -2.59. The van der Waals surface area contributed by atoms with Gasteiger partial charge in [0.1, 0.15) is 12.1 Å². The van der Waals surface area contributed by atoms with Crippen LogP contribution in [0.2, 0.25) is 0 Å². The van der Waals surface area contributed by atoms with Gasteiger partial charge in [0, 0.05) is 11.8 Å². The van der Waals surface area contributed by atoms with Crippen LogP contribution in [-0.4, -0.2) is 52.7 Å². The fourth-order valence-corrected chi connectivity index (χ4v) is 12.1. The Labute approximate surface area is 295 Å². The number of halogens is 3. The molecule has 0 bridgehead atoms. The number of alkyl halides is 3. The Kier molecular flexibility index (Phi) is 9.46. The molecule has 0 saturated heterocycles. The lowest BCUT2D eigenvalue weighted by molar-refractivity contribution is -0.232. The number of nitrogens with one attached hydrogen (secondary N) is 2. The van der Waals surface area contributed by atoms with Gasteiger partial charge in [0.25, 0.3) is 0 Å². The maximum absolute atomic E-state index is 13.7. The van der Waals surface area contributed by atoms with Gasteiger partial charge in [0.2, 0.25) is 0 Å². The first-order chi connectivity index (χ1) is 22.8. The van der Waals surface area contributed by atoms with Crippen LogP contribution in [0.3, 0.4) is 0 Å². The number of rotatable bonds is 7. The molecule has 4 saturated carbocycles. The van der Waals surface area contributed by atoms with Gasteiger partial charge in [-0.3, -0.25) is 14.4 Å². The van der Waals surface area contributed by atoms with E-state index in [-0.39, 0.29) is 64.1 Å². The SMILES string of the molecule is CC(C)C1=C2C3CCC4[C@@]5(C)CCC(OC(=O)CC(C)(C)C(=O)O)C(C)(C)C5CC[C@@]4(C)[C@]3(C)CCC2(NC(=O)NC(C)C(F)(F)F)CC1=O. The lowest BCUT2D eigenvalue weighted by Gasteiger charge is -2.72. The van der Waals surface area contributed by atoms with Gasteiger partial charge < -0.3 is 20.5 Å². The van der Waals surface area contributed by atoms with E-state index in [9.17, 15) is 37.5 Å². The van der Waals surface area contributed by atoms with Crippen molar-refractivity contribution >= 4 is 23.8 Å². The first-order valence-electron chi connectivity index (χ1n) is 18.6. The molecule has 0 aromatic carbocycles. The van der Waals surface area contributed by atoms with Crippen molar-refractivity contribution in [1.82, 2.24) is 10.6 Å². The van der Waals surface area contributed by atoms with E-state index < -0.39 is 41.1 Å². The predicted molar refractivity (Wildman–Crippen MR) is 183 cm³/mol. The highest BCUT2D eigenvalue weighted by Crippen LogP contribution is 2.76. The molecule has 0 radical (unpaired) electrons. The number of Topliss-reactive ketones (excluding diaryl/α,β-unsaturated/α-hetero) is 1. The van der Waals surface area contributed by atoms with Gasteiger partial charge in [-0.15, -0.1) is 0 Å². The minimum atomic E-state index is -4.58. The van der Waals surface area contributed by atoms with E-state index in [1.165, 1.54) is 13.8 Å². The molecule has 0 spiro atoms. The Bertz CT molecular complexity index is 1470. The average molecular weight is 709 g/mol. The molecule has 4 fully saturated rings. The highest BCUT2D eigenvalue weighted by molar-refractivity contribution is 6.02. The molecule has 5 aliphatic carbocycles. The van der Waals surface area contributed by atoms with Crippen LogP contribution in [0.5, 0.6) is 0 Å². The molecule has 0 aromatic rings. The number of fused-ring (bicyclic) bond motifs is 7. The summed E-state index contributed by atoms with van der Waals surface area (Å²) in [5.41, 5.74) is -1.21. The molecule has 0 aliphatic heterocycles. The van der Waals surface area contributed by atoms with Crippen molar-refractivity contribution in [2.24, 2.45) is 50.7 Å². The summed E-state index contributed by atoms with van der Waals surface area (Å²) in [4.78, 5) is 51.6. The van der Waals surface area contributed by atoms with Crippen molar-refractivity contribution < 1.29 is 42.2 Å². The zero-order chi connectivity index (χ0) is 37.6. The molecule has 9 atom stereocenters. The first kappa shape index (κ1) is 38.6. The molecule has 6 unspecified atom stereocenters. The number of carbonyl (C=O) groups is 4. The summed E-state index contributed by atoms with van der Waals surface area (Å²) in [6, 6.07) is -2.92. The third-order valence-electron chi connectivity index (χ3n) is 15.0. The number of allylic oxidation sites excluding steroid dienone is 1. The van der Waals surface area contributed by atoms with Gasteiger partial charge in [0.15, 0.2) is 5.78 Å². The largest absolute Gasteiger partial charge is 0.481 e. The van der Waals surface area contributed by atoms with E-state index in [4.69, 9.17) is 4.74 Å². The zero-order valence-corrected chi connectivity index (χ0v) is 31.7. The Morgan fingerprint density at radius 2 is 1.54 bits per heavy atom. The molecule has 282 valence electrons. The number of amides is 2. The number of ether oxygens (including phenoxy) is 1. The third kappa shape index (κ3) is 5.88. The summed E-state index contributed by atoms with van der Waals surface area (Å²) in [7, 11) is 0. The Morgan fingerprint density at radius 3 is 2.12 bits per heavy atom. The number of esters is 1. The Morgan fingerprint density at radius 1 is 0.900 bits per heavy atom. The maximum Gasteiger partial charge on any atom is 0.408 e. The van der Waals surface area contributed by atoms with E-state index >= 15 is 0 Å². The van der Waals surface area contributed by atoms with Crippen molar-refractivity contribution in [3.8, 4) is 0 Å². The smallest absolute Gasteiger partial charge is 0.408 e. The summed E-state index contributed by atoms with van der Waals surface area (Å²) < 4.78 is 46.2. The van der Waals surface area contributed by atoms with Crippen molar-refractivity contribution in [2.45, 2.75) is 157 Å². The number of hydrogen-bond donors (Lipinski definition) is 3. The molecular formula is C39H59F3N2O6. The maximum atomic E-state index is 13.7. The van der Waals surface area contributed by atoms with Gasteiger partial charge in [-0.1, -0.05) is 48.5 Å². The highest BCUT2D eigenvalue weighted by atomic mass is 19.4. The summed E-state index contributed by atoms with van der Waals surface area (Å²) in [6.07, 6.45) is 1.43. The summed E-state index contributed by atoms with van der Waals surface area (Å²) >= 11 is 0. The van der Waals surface area contributed by atoms with Crippen LogP contribution in [0.25, 0.3) is 0 Å². The number of carbonyl (C=O) groups excluding carboxylic acids is 3. The number of carboxylic acids is 1. The number of urea groups is 1. The second kappa shape index (κ2) is 12.2. The van der Waals surface area contributed by atoms with Crippen molar-refractivity contribution in [2.75, 3.05) is 0 Å². The molecule has 11 heteroatoms. The van der Waals surface area contributed by atoms with Crippen molar-refractivity contribution in [3.63, 3.8) is 0 Å². The lowest BCUT2D eigenvalue weighted by Crippen LogP contribution is -2.67. The molecule has 5 rings (SSSR count). The van der Waals surface area contributed by atoms with Crippen molar-refractivity contribution in [3.05, 3.63) is 11.1 Å². The number of carboxylic acid groups (broad SMARTS) is 1. The molecule has 0 heterocycles. The summed E-state index contributed by atoms with van der Waals surface area (Å²) in [5, 5.41) is 14.6. The van der Waals surface area contributed by atoms with E-state index in [0.29, 0.717) is 18.8 Å². The molecule has 50 heavy (non-hydrogen) atoms. The molecule has 8 nitrogen and oxygen atoms in total. The van der Waals surface area contributed by atoms with Crippen LogP contribution in [0.15, 0.2) is 11.1 Å². The fourth-order valence-electron chi connectivity index (χ4n) is 12.1. The zero-order valence-electron chi connectivity index (χ0n) is 31.7. The molecule has 3 N–H and O–H groups in total. The number of aliphatic carboxylic acids is 1. The summed E-state index contributed by atoms with van der Waals surface area (Å²) in [5.74, 6) is -0.984. The number of ketones is 1. The minimum absolute atomic E-state index is 0.00438. The lowest BCUT2D eigenvalue weighted by atomic mass is 9.33. The van der Waals surface area contributed by atoms with E-state index in [2.05, 4.69) is 45.3 Å². The molecule has 5 aliphatic rings. The van der Waals surface area contributed by atoms with Gasteiger partial charge in [-0.2, -0.15) is 13.2 Å². The highest BCUT2D eigenvalue weighted by Gasteiger charge is 2.70. The van der Waals surface area contributed by atoms with E-state index in [1.54, 1.807) is 0 Å². The van der Waals surface area contributed by atoms with Crippen LogP contribution in [-0.2, 0) is 19.1 Å². The molecule has 0 aromatic heterocycles. The molecular weight excluding hydrogens is 649 g/mol. The van der Waals surface area contributed by atoms with E-state index in [1.807, 2.05) is 13.8 Å². The second-order valence-corrected chi connectivity index (χ2v) is 18.8. The van der Waals surface area contributed by atoms with Gasteiger partial charge in [0.05, 0.1) is 17.4 Å². The third-order valence-corrected chi connectivity index (χ3v) is 15.0. The van der Waals surface area contributed by atoms with Crippen molar-refractivity contribution in [1.29, 1.82) is 0 Å². The van der Waals surface area contributed by atoms with Gasteiger partial charge in [-0.05, 0) is 123 Å². The topological polar surface area (TPSA) is 122 Å².